The number of pyridine rings is 2. The molecule has 1 aliphatic rings. The normalized spacial score (nSPS) is 15.6. The molecule has 8 nitrogen and oxygen atoms in total. The number of aromatic nitrogens is 5. The maximum Gasteiger partial charge on any atom is 0.258 e. The van der Waals surface area contributed by atoms with E-state index in [-0.39, 0.29) is 5.56 Å². The first-order valence-corrected chi connectivity index (χ1v) is 9.37. The Morgan fingerprint density at radius 3 is 2.54 bits per heavy atom. The molecule has 28 heavy (non-hydrogen) atoms. The average Bonchev–Trinajstić information content (AvgIpc) is 3.07. The Morgan fingerprint density at radius 2 is 1.71 bits per heavy atom. The van der Waals surface area contributed by atoms with Crippen molar-refractivity contribution >= 4 is 17.0 Å². The molecule has 0 N–H and O–H groups in total. The topological polar surface area (TPSA) is 71.0 Å². The highest BCUT2D eigenvalue weighted by atomic mass is 16.1. The van der Waals surface area contributed by atoms with Crippen molar-refractivity contribution in [2.75, 3.05) is 38.1 Å². The lowest BCUT2D eigenvalue weighted by Crippen LogP contribution is -2.44. The second-order valence-corrected chi connectivity index (χ2v) is 7.27. The lowest BCUT2D eigenvalue weighted by molar-refractivity contribution is 0.313. The van der Waals surface area contributed by atoms with E-state index in [4.69, 9.17) is 4.98 Å². The number of fused-ring (bicyclic) bond motifs is 2. The summed E-state index contributed by atoms with van der Waals surface area (Å²) in [6.45, 7) is 5.81. The van der Waals surface area contributed by atoms with E-state index < -0.39 is 0 Å². The van der Waals surface area contributed by atoms with Crippen LogP contribution in [0.1, 0.15) is 5.82 Å². The fourth-order valence-electron chi connectivity index (χ4n) is 3.64. The van der Waals surface area contributed by atoms with Crippen LogP contribution in [0.5, 0.6) is 0 Å². The highest BCUT2D eigenvalue weighted by Crippen LogP contribution is 2.20. The van der Waals surface area contributed by atoms with Gasteiger partial charge in [0.1, 0.15) is 11.5 Å². The number of likely N-dealkylation sites (N-methyl/N-ethyl adjacent to an activating group) is 1. The molecule has 4 aromatic heterocycles. The van der Waals surface area contributed by atoms with Crippen LogP contribution in [0.25, 0.3) is 22.6 Å². The van der Waals surface area contributed by atoms with Gasteiger partial charge >= 0.3 is 0 Å². The number of hydrogen-bond donors (Lipinski definition) is 0. The Balaban J connectivity index is 1.54. The fraction of sp³-hybridized carbons (Fsp3) is 0.300. The van der Waals surface area contributed by atoms with E-state index in [9.17, 15) is 4.79 Å². The third kappa shape index (κ3) is 2.91. The first kappa shape index (κ1) is 16.9. The smallest absolute Gasteiger partial charge is 0.258 e. The summed E-state index contributed by atoms with van der Waals surface area (Å²) >= 11 is 0. The van der Waals surface area contributed by atoms with Crippen molar-refractivity contribution in [2.45, 2.75) is 6.92 Å². The number of nitrogens with zero attached hydrogens (tertiary/aromatic N) is 7. The number of rotatable bonds is 2. The minimum absolute atomic E-state index is 0.0918. The second kappa shape index (κ2) is 6.42. The lowest BCUT2D eigenvalue weighted by atomic mass is 10.2. The van der Waals surface area contributed by atoms with Crippen LogP contribution in [0, 0.1) is 6.92 Å². The van der Waals surface area contributed by atoms with Gasteiger partial charge in [-0.3, -0.25) is 9.20 Å². The molecule has 0 atom stereocenters. The monoisotopic (exact) mass is 375 g/mol. The van der Waals surface area contributed by atoms with Crippen LogP contribution < -0.4 is 10.5 Å². The van der Waals surface area contributed by atoms with E-state index in [0.717, 1.165) is 43.1 Å². The van der Waals surface area contributed by atoms with E-state index in [0.29, 0.717) is 17.2 Å². The first-order valence-electron chi connectivity index (χ1n) is 9.37. The van der Waals surface area contributed by atoms with Gasteiger partial charge in [0, 0.05) is 50.2 Å². The summed E-state index contributed by atoms with van der Waals surface area (Å²) in [5.74, 6) is 0.708. The molecular weight excluding hydrogens is 354 g/mol. The van der Waals surface area contributed by atoms with E-state index >= 15 is 0 Å². The summed E-state index contributed by atoms with van der Waals surface area (Å²) < 4.78 is 3.33. The molecule has 0 radical (unpaired) electrons. The third-order valence-corrected chi connectivity index (χ3v) is 5.25. The predicted molar refractivity (Wildman–Crippen MR) is 108 cm³/mol. The molecule has 0 unspecified atom stereocenters. The van der Waals surface area contributed by atoms with Crippen molar-refractivity contribution in [3.8, 4) is 11.3 Å². The van der Waals surface area contributed by atoms with Gasteiger partial charge in [-0.1, -0.05) is 0 Å². The van der Waals surface area contributed by atoms with Crippen molar-refractivity contribution in [1.82, 2.24) is 28.9 Å². The molecule has 4 aromatic rings. The van der Waals surface area contributed by atoms with Crippen molar-refractivity contribution in [3.05, 3.63) is 58.9 Å². The zero-order chi connectivity index (χ0) is 19.3. The Morgan fingerprint density at radius 1 is 0.929 bits per heavy atom. The predicted octanol–water partition coefficient (Wildman–Crippen LogP) is 1.46. The molecule has 0 aromatic carbocycles. The van der Waals surface area contributed by atoms with Gasteiger partial charge in [-0.25, -0.2) is 14.5 Å². The zero-order valence-corrected chi connectivity index (χ0v) is 15.9. The molecule has 0 aliphatic carbocycles. The van der Waals surface area contributed by atoms with E-state index in [1.54, 1.807) is 15.0 Å². The van der Waals surface area contributed by atoms with E-state index in [1.807, 2.05) is 43.6 Å². The van der Waals surface area contributed by atoms with Crippen LogP contribution in [0.15, 0.2) is 47.5 Å². The standard InChI is InChI=1S/C20H21N7O/c1-14-21-19-5-3-15(12-27(19)23-14)17-11-20(28)26-13-16(4-6-18(26)22-17)25-9-7-24(2)8-10-25/h3-6,11-13H,7-10H2,1-2H3. The first-order chi connectivity index (χ1) is 13.6. The molecule has 0 amide bonds. The van der Waals surface area contributed by atoms with Gasteiger partial charge in [0.15, 0.2) is 5.65 Å². The Kier molecular flexibility index (Phi) is 3.87. The van der Waals surface area contributed by atoms with Crippen molar-refractivity contribution in [2.24, 2.45) is 0 Å². The summed E-state index contributed by atoms with van der Waals surface area (Å²) in [5.41, 5.74) is 3.83. The van der Waals surface area contributed by atoms with Crippen molar-refractivity contribution in [3.63, 3.8) is 0 Å². The number of hydrogen-bond acceptors (Lipinski definition) is 6. The minimum atomic E-state index is -0.0918. The van der Waals surface area contributed by atoms with Crippen LogP contribution in [-0.4, -0.2) is 62.1 Å². The van der Waals surface area contributed by atoms with E-state index in [1.165, 1.54) is 0 Å². The maximum atomic E-state index is 12.8. The number of anilines is 1. The van der Waals surface area contributed by atoms with Gasteiger partial charge in [0.2, 0.25) is 0 Å². The van der Waals surface area contributed by atoms with Crippen LogP contribution in [-0.2, 0) is 0 Å². The van der Waals surface area contributed by atoms with Gasteiger partial charge in [-0.2, -0.15) is 5.10 Å². The fourth-order valence-corrected chi connectivity index (χ4v) is 3.64. The molecule has 8 heteroatoms. The van der Waals surface area contributed by atoms with E-state index in [2.05, 4.69) is 26.9 Å². The summed E-state index contributed by atoms with van der Waals surface area (Å²) in [5, 5.41) is 4.34. The molecule has 5 heterocycles. The molecule has 142 valence electrons. The average molecular weight is 375 g/mol. The molecule has 0 bridgehead atoms. The van der Waals surface area contributed by atoms with Crippen LogP contribution >= 0.6 is 0 Å². The quantitative estimate of drug-likeness (QED) is 0.528. The highest BCUT2D eigenvalue weighted by molar-refractivity contribution is 5.63. The Bertz CT molecular complexity index is 1230. The van der Waals surface area contributed by atoms with Gasteiger partial charge in [-0.15, -0.1) is 0 Å². The Hall–Kier alpha value is -3.26. The maximum absolute atomic E-state index is 12.8. The van der Waals surface area contributed by atoms with Gasteiger partial charge < -0.3 is 9.80 Å². The SMILES string of the molecule is Cc1nc2ccc(-c3cc(=O)n4cc(N5CCN(C)CC5)ccc4n3)cn2n1. The number of piperazine rings is 1. The summed E-state index contributed by atoms with van der Waals surface area (Å²) in [6.07, 6.45) is 3.75. The lowest BCUT2D eigenvalue weighted by Gasteiger charge is -2.34. The molecule has 1 saturated heterocycles. The molecule has 5 rings (SSSR count). The Labute approximate surface area is 161 Å². The highest BCUT2D eigenvalue weighted by Gasteiger charge is 2.15. The summed E-state index contributed by atoms with van der Waals surface area (Å²) in [6, 6.07) is 9.33. The van der Waals surface area contributed by atoms with Crippen molar-refractivity contribution < 1.29 is 0 Å². The zero-order valence-electron chi connectivity index (χ0n) is 15.9. The van der Waals surface area contributed by atoms with Gasteiger partial charge in [0.05, 0.1) is 11.4 Å². The van der Waals surface area contributed by atoms with Crippen LogP contribution in [0.3, 0.4) is 0 Å². The molecule has 0 saturated carbocycles. The summed E-state index contributed by atoms with van der Waals surface area (Å²) in [7, 11) is 2.13. The second-order valence-electron chi connectivity index (χ2n) is 7.27. The minimum Gasteiger partial charge on any atom is -0.368 e. The molecular formula is C20H21N7O. The van der Waals surface area contributed by atoms with Crippen LogP contribution in [0.2, 0.25) is 0 Å². The largest absolute Gasteiger partial charge is 0.368 e. The summed E-state index contributed by atoms with van der Waals surface area (Å²) in [4.78, 5) is 26.4. The third-order valence-electron chi connectivity index (χ3n) is 5.25. The van der Waals surface area contributed by atoms with Gasteiger partial charge in [-0.05, 0) is 38.2 Å². The van der Waals surface area contributed by atoms with Crippen LogP contribution in [0.4, 0.5) is 5.69 Å². The molecule has 1 aliphatic heterocycles. The molecule has 1 fully saturated rings. The van der Waals surface area contributed by atoms with Crippen molar-refractivity contribution in [1.29, 1.82) is 0 Å². The molecule has 0 spiro atoms. The van der Waals surface area contributed by atoms with Gasteiger partial charge in [0.25, 0.3) is 5.56 Å². The number of aryl methyl sites for hydroxylation is 1.